The van der Waals surface area contributed by atoms with Gasteiger partial charge in [0.1, 0.15) is 5.75 Å². The van der Waals surface area contributed by atoms with Crippen molar-refractivity contribution in [1.29, 1.82) is 0 Å². The number of hydrogen-bond donors (Lipinski definition) is 0. The fourth-order valence-corrected chi connectivity index (χ4v) is 3.13. The highest BCUT2D eigenvalue weighted by Gasteiger charge is 2.26. The molecule has 0 bridgehead atoms. The molecule has 2 nitrogen and oxygen atoms in total. The van der Waals surface area contributed by atoms with Crippen LogP contribution in [0.15, 0.2) is 18.2 Å². The fourth-order valence-electron chi connectivity index (χ4n) is 2.43. The van der Waals surface area contributed by atoms with Crippen LogP contribution in [0.5, 0.6) is 5.75 Å². The van der Waals surface area contributed by atoms with Gasteiger partial charge in [0.05, 0.1) is 17.5 Å². The van der Waals surface area contributed by atoms with Crippen LogP contribution in [0.2, 0.25) is 0 Å². The third-order valence-electron chi connectivity index (χ3n) is 3.32. The molecule has 0 radical (unpaired) electrons. The first-order valence-electron chi connectivity index (χ1n) is 5.86. The van der Waals surface area contributed by atoms with Crippen molar-refractivity contribution in [3.05, 3.63) is 29.3 Å². The standard InChI is InChI=1S/C13H15BrO2/c14-13(12-2-1-6-15-12)10-3-4-11-9(8-10)5-7-16-11/h3-4,8,12-13H,1-2,5-7H2. The molecule has 2 aliphatic heterocycles. The number of ether oxygens (including phenoxy) is 2. The normalized spacial score (nSPS) is 25.2. The van der Waals surface area contributed by atoms with Crippen LogP contribution in [-0.4, -0.2) is 19.3 Å². The number of halogens is 1. The molecule has 3 heteroatoms. The predicted octanol–water partition coefficient (Wildman–Crippen LogP) is 3.24. The second-order valence-electron chi connectivity index (χ2n) is 4.42. The molecular formula is C13H15BrO2. The summed E-state index contributed by atoms with van der Waals surface area (Å²) in [5.41, 5.74) is 2.65. The monoisotopic (exact) mass is 282 g/mol. The van der Waals surface area contributed by atoms with E-state index in [1.807, 2.05) is 0 Å². The van der Waals surface area contributed by atoms with E-state index in [-0.39, 0.29) is 0 Å². The number of hydrogen-bond acceptors (Lipinski definition) is 2. The van der Waals surface area contributed by atoms with Crippen LogP contribution in [-0.2, 0) is 11.2 Å². The molecule has 0 saturated carbocycles. The van der Waals surface area contributed by atoms with Gasteiger partial charge in [-0.15, -0.1) is 0 Å². The molecular weight excluding hydrogens is 268 g/mol. The molecule has 2 atom stereocenters. The molecule has 16 heavy (non-hydrogen) atoms. The van der Waals surface area contributed by atoms with E-state index in [1.165, 1.54) is 17.5 Å². The van der Waals surface area contributed by atoms with Gasteiger partial charge in [-0.3, -0.25) is 0 Å². The second kappa shape index (κ2) is 4.38. The van der Waals surface area contributed by atoms with Gasteiger partial charge in [0, 0.05) is 13.0 Å². The van der Waals surface area contributed by atoms with Crippen LogP contribution in [0.25, 0.3) is 0 Å². The van der Waals surface area contributed by atoms with Gasteiger partial charge in [-0.1, -0.05) is 28.1 Å². The Kier molecular flexibility index (Phi) is 2.90. The zero-order valence-corrected chi connectivity index (χ0v) is 10.7. The Morgan fingerprint density at radius 3 is 3.06 bits per heavy atom. The topological polar surface area (TPSA) is 18.5 Å². The summed E-state index contributed by atoms with van der Waals surface area (Å²) < 4.78 is 11.2. The lowest BCUT2D eigenvalue weighted by Gasteiger charge is -2.17. The van der Waals surface area contributed by atoms with Gasteiger partial charge in [-0.25, -0.2) is 0 Å². The summed E-state index contributed by atoms with van der Waals surface area (Å²) in [6, 6.07) is 6.48. The first-order valence-corrected chi connectivity index (χ1v) is 6.77. The Morgan fingerprint density at radius 2 is 2.25 bits per heavy atom. The number of alkyl halides is 1. The highest BCUT2D eigenvalue weighted by molar-refractivity contribution is 9.09. The largest absolute Gasteiger partial charge is 0.493 e. The van der Waals surface area contributed by atoms with E-state index in [0.29, 0.717) is 10.9 Å². The molecule has 1 aromatic carbocycles. The summed E-state index contributed by atoms with van der Waals surface area (Å²) in [6.45, 7) is 1.73. The zero-order chi connectivity index (χ0) is 11.0. The Bertz CT molecular complexity index is 386. The molecule has 1 fully saturated rings. The highest BCUT2D eigenvalue weighted by atomic mass is 79.9. The average Bonchev–Trinajstić information content (AvgIpc) is 2.98. The van der Waals surface area contributed by atoms with E-state index < -0.39 is 0 Å². The number of benzene rings is 1. The zero-order valence-electron chi connectivity index (χ0n) is 9.12. The van der Waals surface area contributed by atoms with Gasteiger partial charge in [0.2, 0.25) is 0 Å². The molecule has 0 spiro atoms. The lowest BCUT2D eigenvalue weighted by molar-refractivity contribution is 0.110. The maximum absolute atomic E-state index is 5.71. The van der Waals surface area contributed by atoms with Crippen molar-refractivity contribution in [2.24, 2.45) is 0 Å². The molecule has 0 amide bonds. The van der Waals surface area contributed by atoms with Crippen molar-refractivity contribution >= 4 is 15.9 Å². The van der Waals surface area contributed by atoms with E-state index in [4.69, 9.17) is 9.47 Å². The summed E-state index contributed by atoms with van der Waals surface area (Å²) in [7, 11) is 0. The molecule has 86 valence electrons. The van der Waals surface area contributed by atoms with Gasteiger partial charge in [0.25, 0.3) is 0 Å². The highest BCUT2D eigenvalue weighted by Crippen LogP contribution is 2.36. The maximum atomic E-state index is 5.71. The van der Waals surface area contributed by atoms with Crippen molar-refractivity contribution in [2.75, 3.05) is 13.2 Å². The molecule has 1 saturated heterocycles. The van der Waals surface area contributed by atoms with Crippen molar-refractivity contribution in [3.63, 3.8) is 0 Å². The van der Waals surface area contributed by atoms with E-state index in [9.17, 15) is 0 Å². The Hall–Kier alpha value is -0.540. The third-order valence-corrected chi connectivity index (χ3v) is 4.44. The van der Waals surface area contributed by atoms with Crippen LogP contribution in [0.4, 0.5) is 0 Å². The van der Waals surface area contributed by atoms with Crippen molar-refractivity contribution in [1.82, 2.24) is 0 Å². The molecule has 2 unspecified atom stereocenters. The molecule has 2 heterocycles. The van der Waals surface area contributed by atoms with Gasteiger partial charge in [-0.2, -0.15) is 0 Å². The summed E-state index contributed by atoms with van der Waals surface area (Å²) in [6.07, 6.45) is 3.71. The summed E-state index contributed by atoms with van der Waals surface area (Å²) in [5, 5.41) is 0. The molecule has 0 aromatic heterocycles. The van der Waals surface area contributed by atoms with Gasteiger partial charge in [0.15, 0.2) is 0 Å². The fraction of sp³-hybridized carbons (Fsp3) is 0.538. The maximum Gasteiger partial charge on any atom is 0.122 e. The van der Waals surface area contributed by atoms with Crippen LogP contribution < -0.4 is 4.74 Å². The number of fused-ring (bicyclic) bond motifs is 1. The third kappa shape index (κ3) is 1.87. The Balaban J connectivity index is 1.83. The van der Waals surface area contributed by atoms with Crippen LogP contribution in [0, 0.1) is 0 Å². The quantitative estimate of drug-likeness (QED) is 0.776. The summed E-state index contributed by atoms with van der Waals surface area (Å²) in [4.78, 5) is 0.320. The minimum atomic E-state index is 0.320. The molecule has 0 N–H and O–H groups in total. The molecule has 0 aliphatic carbocycles. The summed E-state index contributed by atoms with van der Waals surface area (Å²) >= 11 is 3.76. The SMILES string of the molecule is BrC(c1ccc2c(c1)CCO2)C1CCCO1. The molecule has 2 aliphatic rings. The first-order chi connectivity index (χ1) is 7.84. The summed E-state index contributed by atoms with van der Waals surface area (Å²) in [5.74, 6) is 1.05. The van der Waals surface area contributed by atoms with Gasteiger partial charge in [-0.05, 0) is 30.0 Å². The number of rotatable bonds is 2. The van der Waals surface area contributed by atoms with Crippen molar-refractivity contribution in [3.8, 4) is 5.75 Å². The Labute approximate surface area is 104 Å². The smallest absolute Gasteiger partial charge is 0.122 e. The van der Waals surface area contributed by atoms with Crippen LogP contribution in [0.3, 0.4) is 0 Å². The van der Waals surface area contributed by atoms with Gasteiger partial charge < -0.3 is 9.47 Å². The van der Waals surface area contributed by atoms with Crippen molar-refractivity contribution < 1.29 is 9.47 Å². The van der Waals surface area contributed by atoms with Gasteiger partial charge >= 0.3 is 0 Å². The first kappa shape index (κ1) is 10.6. The van der Waals surface area contributed by atoms with E-state index in [2.05, 4.69) is 34.1 Å². The van der Waals surface area contributed by atoms with E-state index >= 15 is 0 Å². The van der Waals surface area contributed by atoms with Crippen LogP contribution in [0.1, 0.15) is 28.8 Å². The van der Waals surface area contributed by atoms with Crippen LogP contribution >= 0.6 is 15.9 Å². The predicted molar refractivity (Wildman–Crippen MR) is 66.3 cm³/mol. The lowest BCUT2D eigenvalue weighted by atomic mass is 10.0. The minimum absolute atomic E-state index is 0.320. The molecule has 1 aromatic rings. The second-order valence-corrected chi connectivity index (χ2v) is 5.41. The van der Waals surface area contributed by atoms with E-state index in [0.717, 1.165) is 31.8 Å². The molecule has 3 rings (SSSR count). The average molecular weight is 283 g/mol. The minimum Gasteiger partial charge on any atom is -0.493 e. The lowest BCUT2D eigenvalue weighted by Crippen LogP contribution is -2.12. The Morgan fingerprint density at radius 1 is 1.31 bits per heavy atom. The van der Waals surface area contributed by atoms with E-state index in [1.54, 1.807) is 0 Å². The van der Waals surface area contributed by atoms with Crippen molar-refractivity contribution in [2.45, 2.75) is 30.2 Å².